The maximum absolute atomic E-state index is 12.4. The van der Waals surface area contributed by atoms with Crippen molar-refractivity contribution in [2.75, 3.05) is 13.2 Å². The van der Waals surface area contributed by atoms with Gasteiger partial charge in [-0.3, -0.25) is 14.1 Å². The average Bonchev–Trinajstić information content (AvgIpc) is 3.11. The van der Waals surface area contributed by atoms with Crippen LogP contribution < -0.4 is 0 Å². The summed E-state index contributed by atoms with van der Waals surface area (Å²) in [6, 6.07) is 0. The van der Waals surface area contributed by atoms with E-state index in [9.17, 15) is 14.2 Å². The highest BCUT2D eigenvalue weighted by molar-refractivity contribution is 7.46. The number of rotatable bonds is 36. The Hall–Kier alpha value is -2.51. The van der Waals surface area contributed by atoms with Gasteiger partial charge in [-0.15, -0.1) is 0 Å². The standard InChI is InChI=1S/C43H73O8P/c1-3-5-7-9-11-13-15-17-19-20-21-22-24-26-28-30-32-34-36-38-43(45)51-41(40-50-52(46,47)48)39-49-42(44)37-35-33-31-29-27-25-23-18-16-14-12-10-8-6-4-2/h11-14,17-19,21-23,26,28,41H,3-10,15-16,20,24-25,27,29-40H2,1-2H3,(H2,46,47,48)/b13-11+,14-12+,19-17+,22-21+,23-18+,28-26+/t41-/m1/s1. The minimum Gasteiger partial charge on any atom is -0.462 e. The molecular weight excluding hydrogens is 675 g/mol. The van der Waals surface area contributed by atoms with E-state index in [1.165, 1.54) is 51.4 Å². The normalized spacial score (nSPS) is 13.2. The summed E-state index contributed by atoms with van der Waals surface area (Å²) < 4.78 is 26.3. The van der Waals surface area contributed by atoms with E-state index in [-0.39, 0.29) is 19.4 Å². The molecule has 0 aliphatic heterocycles. The summed E-state index contributed by atoms with van der Waals surface area (Å²) in [7, 11) is -4.77. The number of carbonyl (C=O) groups excluding carboxylic acids is 2. The third kappa shape index (κ3) is 40.3. The molecule has 0 aromatic heterocycles. The molecule has 1 atom stereocenters. The molecule has 0 radical (unpaired) electrons. The summed E-state index contributed by atoms with van der Waals surface area (Å²) in [4.78, 5) is 42.8. The molecule has 0 rings (SSSR count). The molecule has 8 nitrogen and oxygen atoms in total. The van der Waals surface area contributed by atoms with Crippen molar-refractivity contribution in [2.24, 2.45) is 0 Å². The molecule has 0 saturated heterocycles. The van der Waals surface area contributed by atoms with Crippen LogP contribution in [-0.4, -0.2) is 41.0 Å². The van der Waals surface area contributed by atoms with Gasteiger partial charge >= 0.3 is 19.8 Å². The fourth-order valence-corrected chi connectivity index (χ4v) is 5.51. The lowest BCUT2D eigenvalue weighted by molar-refractivity contribution is -0.161. The molecule has 0 heterocycles. The molecular formula is C43H73O8P. The lowest BCUT2D eigenvalue weighted by Gasteiger charge is -2.18. The molecule has 0 aromatic carbocycles. The number of phosphoric ester groups is 1. The fourth-order valence-electron chi connectivity index (χ4n) is 5.15. The summed E-state index contributed by atoms with van der Waals surface area (Å²) in [5.74, 6) is -0.943. The van der Waals surface area contributed by atoms with Crippen molar-refractivity contribution in [3.63, 3.8) is 0 Å². The molecule has 0 unspecified atom stereocenters. The molecule has 0 spiro atoms. The minimum absolute atomic E-state index is 0.168. The van der Waals surface area contributed by atoms with E-state index in [0.29, 0.717) is 12.8 Å². The first kappa shape index (κ1) is 49.5. The Bertz CT molecular complexity index is 1070. The van der Waals surface area contributed by atoms with Crippen LogP contribution in [0.3, 0.4) is 0 Å². The summed E-state index contributed by atoms with van der Waals surface area (Å²) in [6.45, 7) is 3.58. The zero-order valence-electron chi connectivity index (χ0n) is 32.7. The molecule has 2 N–H and O–H groups in total. The van der Waals surface area contributed by atoms with Crippen LogP contribution >= 0.6 is 7.82 Å². The lowest BCUT2D eigenvalue weighted by Crippen LogP contribution is -2.29. The smallest absolute Gasteiger partial charge is 0.462 e. The van der Waals surface area contributed by atoms with Gasteiger partial charge in [0.1, 0.15) is 6.61 Å². The van der Waals surface area contributed by atoms with Gasteiger partial charge in [0.05, 0.1) is 6.61 Å². The predicted molar refractivity (Wildman–Crippen MR) is 216 cm³/mol. The van der Waals surface area contributed by atoms with Gasteiger partial charge in [0.15, 0.2) is 6.10 Å². The number of hydrogen-bond donors (Lipinski definition) is 2. The van der Waals surface area contributed by atoms with Crippen molar-refractivity contribution >= 4 is 19.8 Å². The highest BCUT2D eigenvalue weighted by Crippen LogP contribution is 2.36. The second-order valence-corrected chi connectivity index (χ2v) is 14.5. The van der Waals surface area contributed by atoms with Crippen molar-refractivity contribution in [1.29, 1.82) is 0 Å². The number of allylic oxidation sites excluding steroid dienone is 12. The van der Waals surface area contributed by atoms with Gasteiger partial charge in [-0.25, -0.2) is 4.57 Å². The topological polar surface area (TPSA) is 119 Å². The van der Waals surface area contributed by atoms with E-state index in [1.807, 2.05) is 0 Å². The van der Waals surface area contributed by atoms with Gasteiger partial charge in [-0.1, -0.05) is 138 Å². The minimum atomic E-state index is -4.77. The van der Waals surface area contributed by atoms with Crippen LogP contribution in [0.1, 0.15) is 168 Å². The Labute approximate surface area is 317 Å². The zero-order valence-corrected chi connectivity index (χ0v) is 33.6. The zero-order chi connectivity index (χ0) is 38.2. The Morgan fingerprint density at radius 1 is 0.500 bits per heavy atom. The number of phosphoric acid groups is 1. The Morgan fingerprint density at radius 2 is 0.865 bits per heavy atom. The molecule has 0 aromatic rings. The number of esters is 2. The van der Waals surface area contributed by atoms with Crippen LogP contribution in [0.5, 0.6) is 0 Å². The lowest BCUT2D eigenvalue weighted by atomic mass is 10.1. The third-order valence-corrected chi connectivity index (χ3v) is 8.68. The van der Waals surface area contributed by atoms with Crippen molar-refractivity contribution in [1.82, 2.24) is 0 Å². The first-order valence-corrected chi connectivity index (χ1v) is 21.8. The summed E-state index contributed by atoms with van der Waals surface area (Å²) in [5, 5.41) is 0. The number of ether oxygens (including phenoxy) is 2. The predicted octanol–water partition coefficient (Wildman–Crippen LogP) is 12.3. The highest BCUT2D eigenvalue weighted by Gasteiger charge is 2.22. The second kappa shape index (κ2) is 38.2. The van der Waals surface area contributed by atoms with E-state index in [0.717, 1.165) is 77.0 Å². The third-order valence-electron chi connectivity index (χ3n) is 8.20. The van der Waals surface area contributed by atoms with Gasteiger partial charge in [0.2, 0.25) is 0 Å². The van der Waals surface area contributed by atoms with Crippen molar-refractivity contribution in [3.05, 3.63) is 72.9 Å². The van der Waals surface area contributed by atoms with Crippen LogP contribution in [0.15, 0.2) is 72.9 Å². The van der Waals surface area contributed by atoms with Crippen molar-refractivity contribution in [2.45, 2.75) is 174 Å². The first-order valence-electron chi connectivity index (χ1n) is 20.2. The van der Waals surface area contributed by atoms with E-state index >= 15 is 0 Å². The molecule has 0 aliphatic rings. The Morgan fingerprint density at radius 3 is 1.31 bits per heavy atom. The molecule has 52 heavy (non-hydrogen) atoms. The van der Waals surface area contributed by atoms with Gasteiger partial charge < -0.3 is 19.3 Å². The maximum atomic E-state index is 12.4. The van der Waals surface area contributed by atoms with E-state index in [1.54, 1.807) is 0 Å². The van der Waals surface area contributed by atoms with E-state index < -0.39 is 32.5 Å². The molecule has 0 fully saturated rings. The summed E-state index contributed by atoms with van der Waals surface area (Å²) >= 11 is 0. The quantitative estimate of drug-likeness (QED) is 0.0281. The summed E-state index contributed by atoms with van der Waals surface area (Å²) in [5.41, 5.74) is 0. The number of hydrogen-bond acceptors (Lipinski definition) is 6. The second-order valence-electron chi connectivity index (χ2n) is 13.2. The molecule has 0 aliphatic carbocycles. The van der Waals surface area contributed by atoms with Crippen molar-refractivity contribution < 1.29 is 37.9 Å². The highest BCUT2D eigenvalue weighted by atomic mass is 31.2. The van der Waals surface area contributed by atoms with Crippen LogP contribution in [0, 0.1) is 0 Å². The van der Waals surface area contributed by atoms with Crippen LogP contribution in [0.25, 0.3) is 0 Å². The van der Waals surface area contributed by atoms with Crippen LogP contribution in [0.4, 0.5) is 0 Å². The summed E-state index contributed by atoms with van der Waals surface area (Å²) in [6.07, 6.45) is 49.0. The maximum Gasteiger partial charge on any atom is 0.469 e. The first-order chi connectivity index (χ1) is 25.3. The van der Waals surface area contributed by atoms with Gasteiger partial charge in [0, 0.05) is 12.8 Å². The molecule has 298 valence electrons. The van der Waals surface area contributed by atoms with Gasteiger partial charge in [-0.2, -0.15) is 0 Å². The number of carbonyl (C=O) groups is 2. The fraction of sp³-hybridized carbons (Fsp3) is 0.674. The Kier molecular flexibility index (Phi) is 36.4. The molecule has 0 saturated carbocycles. The van der Waals surface area contributed by atoms with Crippen LogP contribution in [0.2, 0.25) is 0 Å². The van der Waals surface area contributed by atoms with Gasteiger partial charge in [-0.05, 0) is 89.9 Å². The molecule has 0 amide bonds. The van der Waals surface area contributed by atoms with Crippen molar-refractivity contribution in [3.8, 4) is 0 Å². The monoisotopic (exact) mass is 749 g/mol. The van der Waals surface area contributed by atoms with E-state index in [2.05, 4.69) is 91.3 Å². The van der Waals surface area contributed by atoms with E-state index in [4.69, 9.17) is 19.3 Å². The van der Waals surface area contributed by atoms with Crippen LogP contribution in [-0.2, 0) is 28.2 Å². The molecule has 9 heteroatoms. The molecule has 0 bridgehead atoms. The SMILES string of the molecule is CCCCC/C=C/C/C=C/C/C=C/C/C=C/CCCCCC(=O)O[C@H](COC(=O)CCCCCCC/C=C/C/C=C/CCCCC)COP(=O)(O)O. The van der Waals surface area contributed by atoms with Gasteiger partial charge in [0.25, 0.3) is 0 Å². The largest absolute Gasteiger partial charge is 0.469 e. The number of unbranched alkanes of at least 4 members (excludes halogenated alkanes) is 14. The average molecular weight is 749 g/mol. The Balaban J connectivity index is 4.06.